The molecule has 0 fully saturated rings. The molecule has 1 aromatic heterocycles. The molecule has 66 heavy (non-hydrogen) atoms. The van der Waals surface area contributed by atoms with E-state index in [9.17, 15) is 20.4 Å². The second-order valence-corrected chi connectivity index (χ2v) is 15.1. The van der Waals surface area contributed by atoms with Crippen molar-refractivity contribution in [3.63, 3.8) is 0 Å². The van der Waals surface area contributed by atoms with Crippen LogP contribution in [0.5, 0.6) is 5.75 Å². The molecule has 1 aliphatic rings. The minimum atomic E-state index is -0.763. The molecule has 0 radical (unpaired) electrons. The van der Waals surface area contributed by atoms with Crippen LogP contribution in [0.3, 0.4) is 0 Å². The minimum Gasteiger partial charge on any atom is -0.491 e. The Kier molecular flexibility index (Phi) is 30.5. The summed E-state index contributed by atoms with van der Waals surface area (Å²) < 4.78 is 52.4. The normalized spacial score (nSPS) is 16.2. The predicted molar refractivity (Wildman–Crippen MR) is 246 cm³/mol. The van der Waals surface area contributed by atoms with Crippen LogP contribution in [0.1, 0.15) is 19.4 Å². The summed E-state index contributed by atoms with van der Waals surface area (Å²) in [7, 11) is 0. The number of rotatable bonds is 42. The predicted octanol–water partition coefficient (Wildman–Crippen LogP) is -0.154. The van der Waals surface area contributed by atoms with Crippen molar-refractivity contribution in [3.05, 3.63) is 54.1 Å². The molecule has 0 saturated carbocycles. The SMILES string of the molecule is CC(CN(CC1C=CC=CC1(C)OCCOCCO)c1nc(N(CCOCCO)CCOCCOCCO)nc(N(CCOCCO)Cc2ccccc2OCCOCCO)n1)OCCO. The molecule has 0 saturated heterocycles. The van der Waals surface area contributed by atoms with Gasteiger partial charge in [0.25, 0.3) is 0 Å². The molecule has 21 heteroatoms. The number of aliphatic hydroxyl groups excluding tert-OH is 6. The van der Waals surface area contributed by atoms with Gasteiger partial charge in [0.05, 0.1) is 144 Å². The molecule has 3 atom stereocenters. The fourth-order valence-electron chi connectivity index (χ4n) is 6.67. The molecular weight excluding hydrogens is 865 g/mol. The van der Waals surface area contributed by atoms with Gasteiger partial charge in [0.2, 0.25) is 17.8 Å². The topological polar surface area (TPSA) is 253 Å². The number of hydrogen-bond donors (Lipinski definition) is 6. The van der Waals surface area contributed by atoms with E-state index < -0.39 is 5.60 Å². The Labute approximate surface area is 389 Å². The zero-order valence-corrected chi connectivity index (χ0v) is 38.9. The lowest BCUT2D eigenvalue weighted by atomic mass is 9.84. The molecule has 2 aromatic rings. The van der Waals surface area contributed by atoms with Gasteiger partial charge in [-0.05, 0) is 19.9 Å². The van der Waals surface area contributed by atoms with Crippen LogP contribution in [0, 0.1) is 5.92 Å². The van der Waals surface area contributed by atoms with Crippen molar-refractivity contribution in [2.24, 2.45) is 5.92 Å². The van der Waals surface area contributed by atoms with Crippen LogP contribution >= 0.6 is 0 Å². The fraction of sp³-hybridized carbons (Fsp3) is 0.711. The molecule has 3 unspecified atom stereocenters. The van der Waals surface area contributed by atoms with Crippen LogP contribution in [0.2, 0.25) is 0 Å². The van der Waals surface area contributed by atoms with Crippen LogP contribution in [0.25, 0.3) is 0 Å². The van der Waals surface area contributed by atoms with E-state index in [1.54, 1.807) is 0 Å². The number of allylic oxidation sites excluding steroid dienone is 2. The highest BCUT2D eigenvalue weighted by atomic mass is 16.5. The van der Waals surface area contributed by atoms with E-state index in [2.05, 4.69) is 6.08 Å². The Morgan fingerprint density at radius 3 is 1.64 bits per heavy atom. The van der Waals surface area contributed by atoms with E-state index in [1.807, 2.05) is 71.0 Å². The number of benzene rings is 1. The second kappa shape index (κ2) is 35.5. The molecular formula is C45H76N6O15. The zero-order valence-electron chi connectivity index (χ0n) is 38.9. The molecule has 1 aromatic carbocycles. The number of anilines is 3. The van der Waals surface area contributed by atoms with Crippen LogP contribution < -0.4 is 19.4 Å². The molecule has 0 bridgehead atoms. The summed E-state index contributed by atoms with van der Waals surface area (Å²) in [6, 6.07) is 7.61. The Hall–Kier alpha value is -3.65. The van der Waals surface area contributed by atoms with Gasteiger partial charge in [0.1, 0.15) is 12.4 Å². The first-order valence-electron chi connectivity index (χ1n) is 22.8. The number of para-hydroxylation sites is 1. The summed E-state index contributed by atoms with van der Waals surface area (Å²) in [6.07, 6.45) is 7.63. The molecule has 1 heterocycles. The summed E-state index contributed by atoms with van der Waals surface area (Å²) in [5.74, 6) is 1.38. The second-order valence-electron chi connectivity index (χ2n) is 15.1. The van der Waals surface area contributed by atoms with Crippen LogP contribution in [0.15, 0.2) is 48.6 Å². The highest BCUT2D eigenvalue weighted by Crippen LogP contribution is 2.32. The molecule has 3 rings (SSSR count). The van der Waals surface area contributed by atoms with Crippen molar-refractivity contribution in [3.8, 4) is 5.75 Å². The molecule has 0 aliphatic heterocycles. The van der Waals surface area contributed by atoms with Crippen LogP contribution in [0.4, 0.5) is 17.8 Å². The molecule has 21 nitrogen and oxygen atoms in total. The Balaban J connectivity index is 2.18. The lowest BCUT2D eigenvalue weighted by Gasteiger charge is -2.39. The van der Waals surface area contributed by atoms with Gasteiger partial charge >= 0.3 is 0 Å². The van der Waals surface area contributed by atoms with E-state index in [1.165, 1.54) is 0 Å². The maximum absolute atomic E-state index is 9.66. The van der Waals surface area contributed by atoms with Gasteiger partial charge < -0.3 is 88.0 Å². The maximum atomic E-state index is 9.66. The molecule has 6 N–H and O–H groups in total. The number of aromatic nitrogens is 3. The van der Waals surface area contributed by atoms with Crippen molar-refractivity contribution in [2.75, 3.05) is 186 Å². The van der Waals surface area contributed by atoms with Gasteiger partial charge in [-0.25, -0.2) is 0 Å². The van der Waals surface area contributed by atoms with Crippen molar-refractivity contribution < 1.29 is 73.3 Å². The third kappa shape index (κ3) is 22.4. The van der Waals surface area contributed by atoms with E-state index in [4.69, 9.17) is 67.8 Å². The molecule has 376 valence electrons. The van der Waals surface area contributed by atoms with E-state index in [0.717, 1.165) is 5.56 Å². The largest absolute Gasteiger partial charge is 0.491 e. The standard InChI is InChI=1S/C45H76N6O15/c1-38(64-28-19-57)35-51(37-40-8-5-6-10-45(40,2)66-34-32-63-27-18-56)44-47-42(49(11-20-58-23-14-52)12-21-60-29-30-61-25-16-54)46-43(48-44)50(13-22-59-24-15-53)36-39-7-3-4-9-41(39)65-33-31-62-26-17-55/h3-10,38,40,52-57H,11-37H2,1-2H3. The zero-order chi connectivity index (χ0) is 47.5. The van der Waals surface area contributed by atoms with Gasteiger partial charge in [-0.2, -0.15) is 15.0 Å². The molecule has 1 aliphatic carbocycles. The first-order chi connectivity index (χ1) is 32.3. The summed E-state index contributed by atoms with van der Waals surface area (Å²) in [5.41, 5.74) is 0.0649. The molecule has 0 spiro atoms. The van der Waals surface area contributed by atoms with E-state index >= 15 is 0 Å². The highest BCUT2D eigenvalue weighted by molar-refractivity contribution is 5.48. The maximum Gasteiger partial charge on any atom is 0.232 e. The highest BCUT2D eigenvalue weighted by Gasteiger charge is 2.35. The number of ether oxygens (including phenoxy) is 9. The van der Waals surface area contributed by atoms with Gasteiger partial charge in [-0.1, -0.05) is 42.5 Å². The number of nitrogens with zero attached hydrogens (tertiary/aromatic N) is 6. The summed E-state index contributed by atoms with van der Waals surface area (Å²) in [5, 5.41) is 56.1. The van der Waals surface area contributed by atoms with Gasteiger partial charge in [-0.3, -0.25) is 0 Å². The third-order valence-corrected chi connectivity index (χ3v) is 9.98. The molecule has 0 amide bonds. The Bertz CT molecular complexity index is 1590. The summed E-state index contributed by atoms with van der Waals surface area (Å²) in [4.78, 5) is 21.3. The fourth-order valence-corrected chi connectivity index (χ4v) is 6.67. The van der Waals surface area contributed by atoms with Gasteiger partial charge in [0.15, 0.2) is 0 Å². The van der Waals surface area contributed by atoms with Gasteiger partial charge in [0, 0.05) is 50.7 Å². The average molecular weight is 941 g/mol. The van der Waals surface area contributed by atoms with Gasteiger partial charge in [-0.15, -0.1) is 0 Å². The quantitative estimate of drug-likeness (QED) is 0.0474. The number of aliphatic hydroxyl groups is 6. The minimum absolute atomic E-state index is 0.0839. The monoisotopic (exact) mass is 941 g/mol. The summed E-state index contributed by atoms with van der Waals surface area (Å²) >= 11 is 0. The van der Waals surface area contributed by atoms with E-state index in [0.29, 0.717) is 82.7 Å². The first kappa shape index (κ1) is 56.7. The lowest BCUT2D eigenvalue weighted by molar-refractivity contribution is -0.0526. The summed E-state index contributed by atoms with van der Waals surface area (Å²) in [6.45, 7) is 8.73. The smallest absolute Gasteiger partial charge is 0.232 e. The van der Waals surface area contributed by atoms with Crippen molar-refractivity contribution in [1.82, 2.24) is 15.0 Å². The Morgan fingerprint density at radius 2 is 1.05 bits per heavy atom. The Morgan fingerprint density at radius 1 is 0.561 bits per heavy atom. The lowest BCUT2D eigenvalue weighted by Crippen LogP contribution is -2.46. The van der Waals surface area contributed by atoms with Crippen LogP contribution in [-0.4, -0.2) is 229 Å². The van der Waals surface area contributed by atoms with Crippen molar-refractivity contribution >= 4 is 17.8 Å². The third-order valence-electron chi connectivity index (χ3n) is 9.98. The van der Waals surface area contributed by atoms with E-state index in [-0.39, 0.29) is 131 Å². The van der Waals surface area contributed by atoms with Crippen molar-refractivity contribution in [2.45, 2.75) is 32.1 Å². The first-order valence-corrected chi connectivity index (χ1v) is 22.8. The number of hydrogen-bond acceptors (Lipinski definition) is 21. The van der Waals surface area contributed by atoms with Crippen LogP contribution in [-0.2, 0) is 44.4 Å². The van der Waals surface area contributed by atoms with Crippen molar-refractivity contribution in [1.29, 1.82) is 0 Å². The average Bonchev–Trinajstić information content (AvgIpc) is 3.32.